The molecule has 0 radical (unpaired) electrons. The Labute approximate surface area is 131 Å². The van der Waals surface area contributed by atoms with E-state index >= 15 is 0 Å². The Morgan fingerprint density at radius 3 is 2.91 bits per heavy atom. The minimum Gasteiger partial charge on any atom is -0.481 e. The fraction of sp³-hybridized carbons (Fsp3) is 0.429. The van der Waals surface area contributed by atoms with Gasteiger partial charge in [-0.1, -0.05) is 25.2 Å². The molecule has 4 N–H and O–H groups in total. The lowest BCUT2D eigenvalue weighted by Gasteiger charge is -2.05. The van der Waals surface area contributed by atoms with Crippen molar-refractivity contribution in [3.8, 4) is 17.9 Å². The van der Waals surface area contributed by atoms with Crippen LogP contribution in [0.3, 0.4) is 0 Å². The van der Waals surface area contributed by atoms with Gasteiger partial charge in [-0.15, -0.1) is 0 Å². The number of ether oxygens (including phenoxy) is 1. The molecule has 2 heterocycles. The van der Waals surface area contributed by atoms with Gasteiger partial charge in [0.2, 0.25) is 0 Å². The number of anilines is 1. The molecule has 23 heavy (non-hydrogen) atoms. The van der Waals surface area contributed by atoms with Gasteiger partial charge in [-0.05, 0) is 6.42 Å². The minimum absolute atomic E-state index is 0.00301. The third-order valence-electron chi connectivity index (χ3n) is 2.96. The molecule has 2 aromatic rings. The van der Waals surface area contributed by atoms with Crippen LogP contribution in [0, 0.1) is 11.8 Å². The number of aliphatic carboxylic acids is 1. The van der Waals surface area contributed by atoms with Crippen molar-refractivity contribution in [2.45, 2.75) is 32.7 Å². The second-order valence-corrected chi connectivity index (χ2v) is 4.73. The maximum absolute atomic E-state index is 11.9. The molecule has 0 atom stereocenters. The molecule has 0 unspecified atom stereocenters. The number of carboxylic acids is 1. The first kappa shape index (κ1) is 16.4. The number of nitrogen functional groups attached to an aromatic ring is 1. The Hall–Kier alpha value is -3.02. The lowest BCUT2D eigenvalue weighted by atomic mass is 10.4. The van der Waals surface area contributed by atoms with E-state index in [9.17, 15) is 9.59 Å². The van der Waals surface area contributed by atoms with Crippen LogP contribution in [0.2, 0.25) is 0 Å². The highest BCUT2D eigenvalue weighted by Gasteiger charge is 2.13. The molecule has 0 aliphatic rings. The number of carboxylic acid groups (broad SMARTS) is 1. The number of rotatable bonds is 6. The van der Waals surface area contributed by atoms with Gasteiger partial charge in [0, 0.05) is 0 Å². The molecule has 0 aliphatic carbocycles. The summed E-state index contributed by atoms with van der Waals surface area (Å²) in [4.78, 5) is 33.1. The Morgan fingerprint density at radius 2 is 2.22 bits per heavy atom. The standard InChI is InChI=1S/C14H17N5O4/c1-2-3-8-23-13-17-11(15)10-12(18-13)19(14(22)16-10)7-5-4-6-9(20)21/h2-3,6-8H2,1H3,(H,16,22)(H,20,21)(H2,15,17,18). The average Bonchev–Trinajstić information content (AvgIpc) is 2.81. The van der Waals surface area contributed by atoms with Gasteiger partial charge in [-0.25, -0.2) is 4.79 Å². The fourth-order valence-corrected chi connectivity index (χ4v) is 1.82. The maximum atomic E-state index is 11.9. The van der Waals surface area contributed by atoms with Crippen LogP contribution in [0.15, 0.2) is 4.79 Å². The van der Waals surface area contributed by atoms with Crippen molar-refractivity contribution in [2.24, 2.45) is 0 Å². The van der Waals surface area contributed by atoms with Gasteiger partial charge >= 0.3 is 17.7 Å². The van der Waals surface area contributed by atoms with E-state index < -0.39 is 11.7 Å². The van der Waals surface area contributed by atoms with Gasteiger partial charge in [-0.3, -0.25) is 9.36 Å². The van der Waals surface area contributed by atoms with Crippen LogP contribution in [0.25, 0.3) is 11.2 Å². The quantitative estimate of drug-likeness (QED) is 0.516. The van der Waals surface area contributed by atoms with Crippen LogP contribution in [-0.2, 0) is 11.3 Å². The predicted octanol–water partition coefficient (Wildman–Crippen LogP) is 0.359. The zero-order valence-corrected chi connectivity index (χ0v) is 12.6. The summed E-state index contributed by atoms with van der Waals surface area (Å²) in [5, 5.41) is 8.54. The van der Waals surface area contributed by atoms with Gasteiger partial charge in [0.15, 0.2) is 11.5 Å². The average molecular weight is 319 g/mol. The molecular formula is C14H17N5O4. The smallest absolute Gasteiger partial charge is 0.328 e. The summed E-state index contributed by atoms with van der Waals surface area (Å²) in [5.74, 6) is 4.15. The van der Waals surface area contributed by atoms with Crippen LogP contribution in [0.5, 0.6) is 6.01 Å². The third-order valence-corrected chi connectivity index (χ3v) is 2.96. The van der Waals surface area contributed by atoms with Crippen molar-refractivity contribution in [1.29, 1.82) is 0 Å². The minimum atomic E-state index is -1.03. The van der Waals surface area contributed by atoms with E-state index in [-0.39, 0.29) is 30.4 Å². The number of imidazole rings is 1. The van der Waals surface area contributed by atoms with E-state index in [2.05, 4.69) is 26.8 Å². The van der Waals surface area contributed by atoms with E-state index in [4.69, 9.17) is 15.6 Å². The normalized spacial score (nSPS) is 10.3. The number of unbranched alkanes of at least 4 members (excludes halogenated alkanes) is 1. The van der Waals surface area contributed by atoms with Crippen molar-refractivity contribution in [3.63, 3.8) is 0 Å². The van der Waals surface area contributed by atoms with Crippen LogP contribution >= 0.6 is 0 Å². The van der Waals surface area contributed by atoms with Crippen LogP contribution in [-0.4, -0.2) is 37.2 Å². The number of hydrogen-bond donors (Lipinski definition) is 3. The van der Waals surface area contributed by atoms with Crippen molar-refractivity contribution in [2.75, 3.05) is 12.3 Å². The van der Waals surface area contributed by atoms with Crippen LogP contribution in [0.4, 0.5) is 5.82 Å². The van der Waals surface area contributed by atoms with Gasteiger partial charge in [0.25, 0.3) is 0 Å². The van der Waals surface area contributed by atoms with Crippen molar-refractivity contribution < 1.29 is 14.6 Å². The van der Waals surface area contributed by atoms with Crippen LogP contribution in [0.1, 0.15) is 26.2 Å². The highest BCUT2D eigenvalue weighted by Crippen LogP contribution is 2.17. The Balaban J connectivity index is 2.31. The molecule has 2 aromatic heterocycles. The number of aromatic amines is 1. The molecule has 0 aliphatic heterocycles. The molecular weight excluding hydrogens is 302 g/mol. The van der Waals surface area contributed by atoms with Gasteiger partial charge < -0.3 is 20.6 Å². The first-order valence-corrected chi connectivity index (χ1v) is 7.09. The second-order valence-electron chi connectivity index (χ2n) is 4.73. The summed E-state index contributed by atoms with van der Waals surface area (Å²) in [7, 11) is 0. The number of nitrogens with zero attached hydrogens (tertiary/aromatic N) is 3. The first-order chi connectivity index (χ1) is 11.0. The number of hydrogen-bond acceptors (Lipinski definition) is 6. The number of aromatic nitrogens is 4. The molecule has 0 spiro atoms. The van der Waals surface area contributed by atoms with E-state index in [0.29, 0.717) is 12.1 Å². The largest absolute Gasteiger partial charge is 0.481 e. The van der Waals surface area contributed by atoms with Crippen molar-refractivity contribution in [1.82, 2.24) is 19.5 Å². The zero-order valence-electron chi connectivity index (χ0n) is 12.6. The van der Waals surface area contributed by atoms with Gasteiger partial charge in [0.05, 0.1) is 13.2 Å². The molecule has 9 heteroatoms. The molecule has 0 aromatic carbocycles. The van der Waals surface area contributed by atoms with E-state index in [1.54, 1.807) is 0 Å². The molecule has 122 valence electrons. The maximum Gasteiger partial charge on any atom is 0.328 e. The van der Waals surface area contributed by atoms with E-state index in [1.807, 2.05) is 6.92 Å². The molecule has 9 nitrogen and oxygen atoms in total. The summed E-state index contributed by atoms with van der Waals surface area (Å²) >= 11 is 0. The van der Waals surface area contributed by atoms with Crippen LogP contribution < -0.4 is 16.2 Å². The van der Waals surface area contributed by atoms with Gasteiger partial charge in [0.1, 0.15) is 11.9 Å². The molecule has 0 saturated carbocycles. The number of carbonyl (C=O) groups is 1. The number of H-pyrrole nitrogens is 1. The van der Waals surface area contributed by atoms with Gasteiger partial charge in [-0.2, -0.15) is 9.97 Å². The molecule has 0 bridgehead atoms. The van der Waals surface area contributed by atoms with Crippen molar-refractivity contribution >= 4 is 23.0 Å². The lowest BCUT2D eigenvalue weighted by Crippen LogP contribution is -2.16. The Kier molecular flexibility index (Phi) is 5.19. The second kappa shape index (κ2) is 7.31. The Bertz CT molecular complexity index is 827. The highest BCUT2D eigenvalue weighted by molar-refractivity contribution is 5.81. The topological polar surface area (TPSA) is 136 Å². The summed E-state index contributed by atoms with van der Waals surface area (Å²) in [6, 6.07) is 0.0923. The van der Waals surface area contributed by atoms with Crippen molar-refractivity contribution in [3.05, 3.63) is 10.5 Å². The molecule has 2 rings (SSSR count). The number of nitrogens with one attached hydrogen (secondary N) is 1. The molecule has 0 saturated heterocycles. The summed E-state index contributed by atoms with van der Waals surface area (Å²) in [5.41, 5.74) is 5.94. The SMILES string of the molecule is CCCCOc1nc(N)c2[nH]c(=O)n(CC#CCC(=O)O)c2n1. The monoisotopic (exact) mass is 319 g/mol. The summed E-state index contributed by atoms with van der Waals surface area (Å²) < 4.78 is 6.67. The summed E-state index contributed by atoms with van der Waals surface area (Å²) in [6.07, 6.45) is 1.52. The van der Waals surface area contributed by atoms with E-state index in [0.717, 1.165) is 12.8 Å². The Morgan fingerprint density at radius 1 is 1.43 bits per heavy atom. The third kappa shape index (κ3) is 4.00. The van der Waals surface area contributed by atoms with E-state index in [1.165, 1.54) is 4.57 Å². The zero-order chi connectivity index (χ0) is 16.8. The molecule has 0 amide bonds. The highest BCUT2D eigenvalue weighted by atomic mass is 16.5. The predicted molar refractivity (Wildman–Crippen MR) is 83.0 cm³/mol. The first-order valence-electron chi connectivity index (χ1n) is 7.09. The number of fused-ring (bicyclic) bond motifs is 1. The molecule has 0 fully saturated rings. The lowest BCUT2D eigenvalue weighted by molar-refractivity contribution is -0.135. The fourth-order valence-electron chi connectivity index (χ4n) is 1.82. The number of nitrogens with two attached hydrogens (primary N) is 1. The summed E-state index contributed by atoms with van der Waals surface area (Å²) in [6.45, 7) is 2.48.